The van der Waals surface area contributed by atoms with Gasteiger partial charge in [0.05, 0.1) is 0 Å². The SMILES string of the molecule is CN(C(=O)CC(N)C1CC1)C1CCC1. The summed E-state index contributed by atoms with van der Waals surface area (Å²) in [6.07, 6.45) is 6.64. The Labute approximate surface area is 85.6 Å². The summed E-state index contributed by atoms with van der Waals surface area (Å²) in [6, 6.07) is 0.624. The van der Waals surface area contributed by atoms with Crippen LogP contribution in [0.2, 0.25) is 0 Å². The molecule has 2 fully saturated rings. The quantitative estimate of drug-likeness (QED) is 0.732. The lowest BCUT2D eigenvalue weighted by atomic mass is 9.91. The monoisotopic (exact) mass is 196 g/mol. The number of amides is 1. The summed E-state index contributed by atoms with van der Waals surface area (Å²) in [5.74, 6) is 0.878. The maximum Gasteiger partial charge on any atom is 0.224 e. The molecule has 0 radical (unpaired) electrons. The Morgan fingerprint density at radius 3 is 2.50 bits per heavy atom. The fourth-order valence-corrected chi connectivity index (χ4v) is 2.01. The lowest BCUT2D eigenvalue weighted by Gasteiger charge is -2.35. The molecule has 0 bridgehead atoms. The maximum absolute atomic E-state index is 11.8. The van der Waals surface area contributed by atoms with Gasteiger partial charge in [-0.1, -0.05) is 0 Å². The highest BCUT2D eigenvalue weighted by molar-refractivity contribution is 5.77. The molecule has 3 nitrogen and oxygen atoms in total. The van der Waals surface area contributed by atoms with E-state index in [2.05, 4.69) is 0 Å². The Hall–Kier alpha value is -0.570. The number of hydrogen-bond donors (Lipinski definition) is 1. The van der Waals surface area contributed by atoms with Crippen LogP contribution in [-0.4, -0.2) is 29.9 Å². The van der Waals surface area contributed by atoms with E-state index < -0.39 is 0 Å². The van der Waals surface area contributed by atoms with E-state index in [4.69, 9.17) is 5.73 Å². The van der Waals surface area contributed by atoms with Crippen LogP contribution in [0.5, 0.6) is 0 Å². The summed E-state index contributed by atoms with van der Waals surface area (Å²) in [7, 11) is 1.92. The van der Waals surface area contributed by atoms with E-state index in [-0.39, 0.29) is 11.9 Å². The second kappa shape index (κ2) is 3.89. The first-order valence-electron chi connectivity index (χ1n) is 5.69. The van der Waals surface area contributed by atoms with Crippen LogP contribution in [0.1, 0.15) is 38.5 Å². The summed E-state index contributed by atoms with van der Waals surface area (Å²) >= 11 is 0. The maximum atomic E-state index is 11.8. The van der Waals surface area contributed by atoms with Crippen molar-refractivity contribution in [2.45, 2.75) is 50.6 Å². The highest BCUT2D eigenvalue weighted by Gasteiger charge is 2.32. The van der Waals surface area contributed by atoms with Crippen molar-refractivity contribution in [1.82, 2.24) is 4.90 Å². The van der Waals surface area contributed by atoms with Gasteiger partial charge in [0.15, 0.2) is 0 Å². The third-order valence-electron chi connectivity index (χ3n) is 3.65. The molecule has 0 spiro atoms. The summed E-state index contributed by atoms with van der Waals surface area (Å²) < 4.78 is 0. The van der Waals surface area contributed by atoms with Crippen molar-refractivity contribution in [2.75, 3.05) is 7.05 Å². The number of carbonyl (C=O) groups excluding carboxylic acids is 1. The minimum Gasteiger partial charge on any atom is -0.343 e. The van der Waals surface area contributed by atoms with Crippen LogP contribution in [0.4, 0.5) is 0 Å². The zero-order valence-corrected chi connectivity index (χ0v) is 8.91. The molecule has 2 saturated carbocycles. The summed E-state index contributed by atoms with van der Waals surface area (Å²) in [5, 5.41) is 0. The minimum atomic E-state index is 0.116. The molecule has 0 aromatic carbocycles. The van der Waals surface area contributed by atoms with Crippen LogP contribution in [0.15, 0.2) is 0 Å². The van der Waals surface area contributed by atoms with E-state index in [0.29, 0.717) is 18.4 Å². The second-order valence-corrected chi connectivity index (χ2v) is 4.79. The molecule has 0 aliphatic heterocycles. The number of hydrogen-bond acceptors (Lipinski definition) is 2. The van der Waals surface area contributed by atoms with Crippen molar-refractivity contribution >= 4 is 5.91 Å². The number of carbonyl (C=O) groups is 1. The molecule has 1 atom stereocenters. The van der Waals surface area contributed by atoms with E-state index in [1.165, 1.54) is 32.1 Å². The second-order valence-electron chi connectivity index (χ2n) is 4.79. The number of nitrogens with zero attached hydrogens (tertiary/aromatic N) is 1. The van der Waals surface area contributed by atoms with Crippen LogP contribution < -0.4 is 5.73 Å². The molecule has 2 rings (SSSR count). The van der Waals surface area contributed by atoms with Crippen molar-refractivity contribution in [3.05, 3.63) is 0 Å². The Kier molecular flexibility index (Phi) is 2.77. The Bertz CT molecular complexity index is 221. The van der Waals surface area contributed by atoms with Gasteiger partial charge in [-0.3, -0.25) is 4.79 Å². The van der Waals surface area contributed by atoms with Crippen molar-refractivity contribution in [1.29, 1.82) is 0 Å². The summed E-state index contributed by atoms with van der Waals surface area (Å²) in [6.45, 7) is 0. The highest BCUT2D eigenvalue weighted by Crippen LogP contribution is 2.33. The molecule has 0 aromatic heterocycles. The first kappa shape index (κ1) is 9.97. The Morgan fingerprint density at radius 1 is 1.43 bits per heavy atom. The minimum absolute atomic E-state index is 0.116. The molecule has 3 heteroatoms. The smallest absolute Gasteiger partial charge is 0.224 e. The molecule has 0 saturated heterocycles. The molecule has 2 N–H and O–H groups in total. The average Bonchev–Trinajstić information content (AvgIpc) is 2.82. The van der Waals surface area contributed by atoms with Gasteiger partial charge in [0.2, 0.25) is 5.91 Å². The Morgan fingerprint density at radius 2 is 2.07 bits per heavy atom. The van der Waals surface area contributed by atoms with Gasteiger partial charge in [-0.15, -0.1) is 0 Å². The van der Waals surface area contributed by atoms with Crippen LogP contribution >= 0.6 is 0 Å². The fourth-order valence-electron chi connectivity index (χ4n) is 2.01. The standard InChI is InChI=1S/C11H20N2O/c1-13(9-3-2-4-9)11(14)7-10(12)8-5-6-8/h8-10H,2-7,12H2,1H3. The molecular weight excluding hydrogens is 176 g/mol. The Balaban J connectivity index is 1.75. The van der Waals surface area contributed by atoms with Crippen molar-refractivity contribution < 1.29 is 4.79 Å². The van der Waals surface area contributed by atoms with Crippen molar-refractivity contribution in [3.8, 4) is 0 Å². The van der Waals surface area contributed by atoms with Crippen LogP contribution in [-0.2, 0) is 4.79 Å². The third kappa shape index (κ3) is 2.08. The van der Waals surface area contributed by atoms with E-state index >= 15 is 0 Å². The average molecular weight is 196 g/mol. The molecule has 80 valence electrons. The zero-order valence-electron chi connectivity index (χ0n) is 8.91. The first-order valence-corrected chi connectivity index (χ1v) is 5.69. The van der Waals surface area contributed by atoms with E-state index in [1.807, 2.05) is 11.9 Å². The normalized spacial score (nSPS) is 24.1. The summed E-state index contributed by atoms with van der Waals surface area (Å²) in [4.78, 5) is 13.7. The van der Waals surface area contributed by atoms with Gasteiger partial charge >= 0.3 is 0 Å². The predicted octanol–water partition coefficient (Wildman–Crippen LogP) is 1.12. The fraction of sp³-hybridized carbons (Fsp3) is 0.909. The number of rotatable bonds is 4. The van der Waals surface area contributed by atoms with Gasteiger partial charge in [0.25, 0.3) is 0 Å². The molecule has 2 aliphatic rings. The lowest BCUT2D eigenvalue weighted by molar-refractivity contribution is -0.133. The first-order chi connectivity index (χ1) is 6.68. The van der Waals surface area contributed by atoms with Crippen molar-refractivity contribution in [3.63, 3.8) is 0 Å². The molecular formula is C11H20N2O. The molecule has 1 unspecified atom stereocenters. The topological polar surface area (TPSA) is 46.3 Å². The molecule has 0 aromatic rings. The van der Waals surface area contributed by atoms with E-state index in [1.54, 1.807) is 0 Å². The number of nitrogens with two attached hydrogens (primary N) is 1. The van der Waals surface area contributed by atoms with Gasteiger partial charge < -0.3 is 10.6 Å². The van der Waals surface area contributed by atoms with Gasteiger partial charge in [0, 0.05) is 25.6 Å². The van der Waals surface area contributed by atoms with E-state index in [9.17, 15) is 4.79 Å². The lowest BCUT2D eigenvalue weighted by Crippen LogP contribution is -2.43. The van der Waals surface area contributed by atoms with Gasteiger partial charge in [-0.2, -0.15) is 0 Å². The van der Waals surface area contributed by atoms with Gasteiger partial charge in [-0.25, -0.2) is 0 Å². The highest BCUT2D eigenvalue weighted by atomic mass is 16.2. The van der Waals surface area contributed by atoms with Crippen molar-refractivity contribution in [2.24, 2.45) is 11.7 Å². The molecule has 1 amide bonds. The third-order valence-corrected chi connectivity index (χ3v) is 3.65. The van der Waals surface area contributed by atoms with Crippen LogP contribution in [0, 0.1) is 5.92 Å². The molecule has 14 heavy (non-hydrogen) atoms. The summed E-state index contributed by atoms with van der Waals surface area (Å²) in [5.41, 5.74) is 5.93. The van der Waals surface area contributed by atoms with Gasteiger partial charge in [0.1, 0.15) is 0 Å². The van der Waals surface area contributed by atoms with Crippen LogP contribution in [0.25, 0.3) is 0 Å². The van der Waals surface area contributed by atoms with E-state index in [0.717, 1.165) is 0 Å². The zero-order chi connectivity index (χ0) is 10.1. The van der Waals surface area contributed by atoms with Crippen LogP contribution in [0.3, 0.4) is 0 Å². The molecule has 0 heterocycles. The molecule has 2 aliphatic carbocycles. The van der Waals surface area contributed by atoms with Gasteiger partial charge in [-0.05, 0) is 38.0 Å². The predicted molar refractivity (Wildman–Crippen MR) is 55.7 cm³/mol. The largest absolute Gasteiger partial charge is 0.343 e.